The molecule has 1 saturated heterocycles. The van der Waals surface area contributed by atoms with Gasteiger partial charge in [-0.2, -0.15) is 0 Å². The predicted octanol–water partition coefficient (Wildman–Crippen LogP) is 4.81. The van der Waals surface area contributed by atoms with E-state index in [-0.39, 0.29) is 11.8 Å². The Labute approximate surface area is 166 Å². The first-order valence-electron chi connectivity index (χ1n) is 8.88. The van der Waals surface area contributed by atoms with Crippen LogP contribution in [0, 0.1) is 5.92 Å². The van der Waals surface area contributed by atoms with E-state index in [0.29, 0.717) is 5.02 Å². The Hall–Kier alpha value is -2.31. The molecule has 0 unspecified atom stereocenters. The fourth-order valence-electron chi connectivity index (χ4n) is 3.30. The molecule has 0 saturated carbocycles. The van der Waals surface area contributed by atoms with Gasteiger partial charge in [0.05, 0.1) is 17.3 Å². The van der Waals surface area contributed by atoms with Crippen LogP contribution in [0.15, 0.2) is 42.5 Å². The first kappa shape index (κ1) is 18.1. The lowest BCUT2D eigenvalue weighted by Crippen LogP contribution is -2.38. The fraction of sp³-hybridized carbons (Fsp3) is 0.300. The molecular formula is C20H20ClN3O2S. The second kappa shape index (κ2) is 7.74. The molecule has 1 amide bonds. The number of halogens is 1. The van der Waals surface area contributed by atoms with Crippen LogP contribution >= 0.6 is 22.9 Å². The third kappa shape index (κ3) is 4.01. The van der Waals surface area contributed by atoms with Crippen molar-refractivity contribution in [2.75, 3.05) is 30.4 Å². The molecule has 140 valence electrons. The van der Waals surface area contributed by atoms with E-state index in [9.17, 15) is 4.79 Å². The summed E-state index contributed by atoms with van der Waals surface area (Å²) >= 11 is 7.65. The van der Waals surface area contributed by atoms with Crippen molar-refractivity contribution in [3.05, 3.63) is 47.5 Å². The zero-order valence-electron chi connectivity index (χ0n) is 14.9. The smallest absolute Gasteiger partial charge is 0.227 e. The minimum Gasteiger partial charge on any atom is -0.497 e. The summed E-state index contributed by atoms with van der Waals surface area (Å²) in [4.78, 5) is 19.5. The Kier molecular flexibility index (Phi) is 5.18. The van der Waals surface area contributed by atoms with Gasteiger partial charge in [0, 0.05) is 29.7 Å². The van der Waals surface area contributed by atoms with Crippen LogP contribution in [0.4, 0.5) is 10.8 Å². The number of nitrogens with one attached hydrogen (secondary N) is 1. The number of benzene rings is 2. The van der Waals surface area contributed by atoms with E-state index in [1.54, 1.807) is 30.6 Å². The zero-order chi connectivity index (χ0) is 18.8. The molecule has 2 aromatic carbocycles. The van der Waals surface area contributed by atoms with E-state index in [4.69, 9.17) is 21.3 Å². The molecule has 0 bridgehead atoms. The van der Waals surface area contributed by atoms with Gasteiger partial charge < -0.3 is 15.0 Å². The Balaban J connectivity index is 1.39. The molecule has 1 aliphatic rings. The molecule has 3 aromatic rings. The SMILES string of the molecule is COc1ccc2nc(N3CCC(C(=O)Nc4cccc(Cl)c4)CC3)sc2c1. The van der Waals surface area contributed by atoms with E-state index in [1.165, 1.54) is 0 Å². The average Bonchev–Trinajstić information content (AvgIpc) is 3.11. The Bertz CT molecular complexity index is 967. The molecule has 2 heterocycles. The number of methoxy groups -OCH3 is 1. The van der Waals surface area contributed by atoms with Crippen LogP contribution in [0.2, 0.25) is 5.02 Å². The summed E-state index contributed by atoms with van der Waals surface area (Å²) in [5.74, 6) is 0.912. The Morgan fingerprint density at radius 1 is 1.26 bits per heavy atom. The largest absolute Gasteiger partial charge is 0.497 e. The maximum atomic E-state index is 12.5. The lowest BCUT2D eigenvalue weighted by atomic mass is 9.96. The van der Waals surface area contributed by atoms with Crippen molar-refractivity contribution >= 4 is 49.9 Å². The van der Waals surface area contributed by atoms with Gasteiger partial charge in [0.15, 0.2) is 5.13 Å². The molecule has 0 radical (unpaired) electrons. The molecule has 1 aromatic heterocycles. The van der Waals surface area contributed by atoms with Crippen LogP contribution in [0.25, 0.3) is 10.2 Å². The molecule has 27 heavy (non-hydrogen) atoms. The van der Waals surface area contributed by atoms with Gasteiger partial charge in [-0.1, -0.05) is 29.0 Å². The van der Waals surface area contributed by atoms with Gasteiger partial charge in [-0.3, -0.25) is 4.79 Å². The number of hydrogen-bond donors (Lipinski definition) is 1. The van der Waals surface area contributed by atoms with Crippen molar-refractivity contribution in [1.29, 1.82) is 0 Å². The summed E-state index contributed by atoms with van der Waals surface area (Å²) in [5.41, 5.74) is 1.73. The summed E-state index contributed by atoms with van der Waals surface area (Å²) in [6, 6.07) is 13.2. The van der Waals surface area contributed by atoms with Gasteiger partial charge in [0.2, 0.25) is 5.91 Å². The van der Waals surface area contributed by atoms with Crippen molar-refractivity contribution < 1.29 is 9.53 Å². The van der Waals surface area contributed by atoms with Crippen molar-refractivity contribution in [1.82, 2.24) is 4.98 Å². The van der Waals surface area contributed by atoms with Gasteiger partial charge in [-0.05, 0) is 49.2 Å². The molecule has 7 heteroatoms. The summed E-state index contributed by atoms with van der Waals surface area (Å²) < 4.78 is 6.40. The van der Waals surface area contributed by atoms with Crippen LogP contribution in [-0.4, -0.2) is 31.1 Å². The summed E-state index contributed by atoms with van der Waals surface area (Å²) in [6.07, 6.45) is 1.62. The van der Waals surface area contributed by atoms with Crippen LogP contribution in [0.5, 0.6) is 5.75 Å². The number of rotatable bonds is 4. The van der Waals surface area contributed by atoms with Crippen LogP contribution in [0.1, 0.15) is 12.8 Å². The molecule has 1 fully saturated rings. The van der Waals surface area contributed by atoms with Gasteiger partial charge in [-0.25, -0.2) is 4.98 Å². The minimum atomic E-state index is 0.00899. The Morgan fingerprint density at radius 3 is 2.81 bits per heavy atom. The molecule has 1 N–H and O–H groups in total. The quantitative estimate of drug-likeness (QED) is 0.681. The van der Waals surface area contributed by atoms with E-state index in [2.05, 4.69) is 10.2 Å². The second-order valence-corrected chi connectivity index (χ2v) is 8.04. The number of fused-ring (bicyclic) bond motifs is 1. The van der Waals surface area contributed by atoms with Crippen molar-refractivity contribution in [2.24, 2.45) is 5.92 Å². The van der Waals surface area contributed by atoms with Crippen LogP contribution < -0.4 is 15.0 Å². The highest BCUT2D eigenvalue weighted by atomic mass is 35.5. The van der Waals surface area contributed by atoms with Gasteiger partial charge in [0.1, 0.15) is 5.75 Å². The number of anilines is 2. The second-order valence-electron chi connectivity index (χ2n) is 6.59. The van der Waals surface area contributed by atoms with Crippen molar-refractivity contribution in [3.63, 3.8) is 0 Å². The number of hydrogen-bond acceptors (Lipinski definition) is 5. The van der Waals surface area contributed by atoms with E-state index in [1.807, 2.05) is 30.3 Å². The monoisotopic (exact) mass is 401 g/mol. The summed E-state index contributed by atoms with van der Waals surface area (Å²) in [6.45, 7) is 1.65. The first-order valence-corrected chi connectivity index (χ1v) is 10.1. The number of thiazole rings is 1. The summed E-state index contributed by atoms with van der Waals surface area (Å²) in [5, 5.41) is 4.60. The maximum Gasteiger partial charge on any atom is 0.227 e. The number of amides is 1. The molecule has 4 rings (SSSR count). The predicted molar refractivity (Wildman–Crippen MR) is 111 cm³/mol. The van der Waals surface area contributed by atoms with E-state index < -0.39 is 0 Å². The molecule has 1 aliphatic heterocycles. The highest BCUT2D eigenvalue weighted by molar-refractivity contribution is 7.22. The third-order valence-electron chi connectivity index (χ3n) is 4.81. The minimum absolute atomic E-state index is 0.00899. The van der Waals surface area contributed by atoms with Crippen molar-refractivity contribution in [3.8, 4) is 5.75 Å². The average molecular weight is 402 g/mol. The summed E-state index contributed by atoms with van der Waals surface area (Å²) in [7, 11) is 1.67. The number of nitrogens with zero attached hydrogens (tertiary/aromatic N) is 2. The lowest BCUT2D eigenvalue weighted by Gasteiger charge is -2.31. The fourth-order valence-corrected chi connectivity index (χ4v) is 4.53. The standard InChI is InChI=1S/C20H20ClN3O2S/c1-26-16-5-6-17-18(12-16)27-20(23-17)24-9-7-13(8-10-24)19(25)22-15-4-2-3-14(21)11-15/h2-6,11-13H,7-10H2,1H3,(H,22,25). The zero-order valence-corrected chi connectivity index (χ0v) is 16.5. The van der Waals surface area contributed by atoms with E-state index in [0.717, 1.165) is 52.7 Å². The number of piperidine rings is 1. The molecule has 0 atom stereocenters. The highest BCUT2D eigenvalue weighted by Gasteiger charge is 2.26. The number of aromatic nitrogens is 1. The van der Waals surface area contributed by atoms with Crippen molar-refractivity contribution in [2.45, 2.75) is 12.8 Å². The number of carbonyl (C=O) groups is 1. The highest BCUT2D eigenvalue weighted by Crippen LogP contribution is 2.33. The number of carbonyl (C=O) groups excluding carboxylic acids is 1. The first-order chi connectivity index (χ1) is 13.1. The molecule has 0 spiro atoms. The third-order valence-corrected chi connectivity index (χ3v) is 6.13. The number of ether oxygens (including phenoxy) is 1. The molecular weight excluding hydrogens is 382 g/mol. The van der Waals surface area contributed by atoms with Crippen LogP contribution in [-0.2, 0) is 4.79 Å². The van der Waals surface area contributed by atoms with Gasteiger partial charge >= 0.3 is 0 Å². The molecule has 0 aliphatic carbocycles. The van der Waals surface area contributed by atoms with Crippen LogP contribution in [0.3, 0.4) is 0 Å². The van der Waals surface area contributed by atoms with Gasteiger partial charge in [0.25, 0.3) is 0 Å². The lowest BCUT2D eigenvalue weighted by molar-refractivity contribution is -0.120. The van der Waals surface area contributed by atoms with Gasteiger partial charge in [-0.15, -0.1) is 0 Å². The topological polar surface area (TPSA) is 54.5 Å². The Morgan fingerprint density at radius 2 is 2.07 bits per heavy atom. The maximum absolute atomic E-state index is 12.5. The van der Waals surface area contributed by atoms with E-state index >= 15 is 0 Å². The molecule has 5 nitrogen and oxygen atoms in total. The normalized spacial score (nSPS) is 15.1.